The zero-order valence-corrected chi connectivity index (χ0v) is 19.1. The van der Waals surface area contributed by atoms with E-state index in [-0.39, 0.29) is 20.5 Å². The average molecular weight is 473 g/mol. The predicted octanol–water partition coefficient (Wildman–Crippen LogP) is 4.13. The van der Waals surface area contributed by atoms with E-state index in [9.17, 15) is 18.0 Å². The lowest BCUT2D eigenvalue weighted by molar-refractivity contribution is -0.119. The van der Waals surface area contributed by atoms with Crippen LogP contribution in [0, 0.1) is 6.92 Å². The molecule has 1 N–H and O–H groups in total. The number of carbonyl (C=O) groups excluding carboxylic acids is 2. The molecule has 30 heavy (non-hydrogen) atoms. The van der Waals surface area contributed by atoms with E-state index in [0.29, 0.717) is 24.3 Å². The summed E-state index contributed by atoms with van der Waals surface area (Å²) < 4.78 is 31.7. The molecule has 2 rings (SSSR count). The summed E-state index contributed by atoms with van der Waals surface area (Å²) >= 11 is 11.8. The average Bonchev–Trinajstić information content (AvgIpc) is 2.70. The number of hydrogen-bond acceptors (Lipinski definition) is 5. The van der Waals surface area contributed by atoms with Gasteiger partial charge in [0.05, 0.1) is 20.5 Å². The van der Waals surface area contributed by atoms with Crippen LogP contribution in [0.15, 0.2) is 41.3 Å². The lowest BCUT2D eigenvalue weighted by Gasteiger charge is -2.19. The van der Waals surface area contributed by atoms with Gasteiger partial charge in [0.15, 0.2) is 6.61 Å². The Labute approximate surface area is 186 Å². The van der Waals surface area contributed by atoms with Crippen molar-refractivity contribution in [1.82, 2.24) is 4.31 Å². The first-order chi connectivity index (χ1) is 14.1. The number of carbonyl (C=O) groups is 2. The zero-order valence-electron chi connectivity index (χ0n) is 16.7. The van der Waals surface area contributed by atoms with Crippen LogP contribution in [0.2, 0.25) is 10.0 Å². The third-order valence-electron chi connectivity index (χ3n) is 4.33. The number of nitrogens with one attached hydrogen (secondary N) is 1. The number of anilines is 1. The van der Waals surface area contributed by atoms with Crippen LogP contribution in [-0.4, -0.2) is 44.3 Å². The summed E-state index contributed by atoms with van der Waals surface area (Å²) in [6, 6.07) is 8.96. The Morgan fingerprint density at radius 1 is 1.10 bits per heavy atom. The van der Waals surface area contributed by atoms with E-state index in [1.807, 2.05) is 0 Å². The van der Waals surface area contributed by atoms with E-state index in [1.54, 1.807) is 26.8 Å². The zero-order chi connectivity index (χ0) is 22.5. The largest absolute Gasteiger partial charge is 0.452 e. The fraction of sp³-hybridized carbons (Fsp3) is 0.300. The molecule has 0 bridgehead atoms. The minimum atomic E-state index is -3.68. The van der Waals surface area contributed by atoms with Crippen LogP contribution in [0.1, 0.15) is 29.8 Å². The molecule has 0 fully saturated rings. The van der Waals surface area contributed by atoms with Crippen molar-refractivity contribution >= 4 is 50.8 Å². The van der Waals surface area contributed by atoms with E-state index in [0.717, 1.165) is 0 Å². The van der Waals surface area contributed by atoms with E-state index in [4.69, 9.17) is 27.9 Å². The van der Waals surface area contributed by atoms with Crippen LogP contribution in [0.5, 0.6) is 0 Å². The van der Waals surface area contributed by atoms with Crippen molar-refractivity contribution in [2.24, 2.45) is 0 Å². The van der Waals surface area contributed by atoms with Gasteiger partial charge in [-0.25, -0.2) is 13.2 Å². The summed E-state index contributed by atoms with van der Waals surface area (Å²) in [5, 5.41) is 2.80. The molecule has 10 heteroatoms. The number of amides is 1. The smallest absolute Gasteiger partial charge is 0.340 e. The first kappa shape index (κ1) is 24.1. The first-order valence-corrected chi connectivity index (χ1v) is 11.3. The summed E-state index contributed by atoms with van der Waals surface area (Å²) in [6.07, 6.45) is 0. The van der Waals surface area contributed by atoms with Crippen molar-refractivity contribution in [2.45, 2.75) is 25.7 Å². The van der Waals surface area contributed by atoms with Gasteiger partial charge in [-0.3, -0.25) is 4.79 Å². The Hall–Kier alpha value is -2.13. The van der Waals surface area contributed by atoms with Gasteiger partial charge in [-0.2, -0.15) is 4.31 Å². The topological polar surface area (TPSA) is 92.8 Å². The standard InChI is InChI=1S/C20H22Cl2N2O5S/c1-4-24(5-2)30(27,28)14-10-9-13(3)17(11-14)23-18(25)12-29-20(26)15-7-6-8-16(21)19(15)22/h6-11H,4-5,12H2,1-3H3,(H,23,25). The van der Waals surface area contributed by atoms with Crippen molar-refractivity contribution in [2.75, 3.05) is 25.0 Å². The molecule has 0 saturated heterocycles. The van der Waals surface area contributed by atoms with Crippen molar-refractivity contribution in [3.63, 3.8) is 0 Å². The molecule has 2 aromatic rings. The SMILES string of the molecule is CCN(CC)S(=O)(=O)c1ccc(C)c(NC(=O)COC(=O)c2cccc(Cl)c2Cl)c1. The summed E-state index contributed by atoms with van der Waals surface area (Å²) in [7, 11) is -3.68. The monoisotopic (exact) mass is 472 g/mol. The lowest BCUT2D eigenvalue weighted by atomic mass is 10.2. The number of benzene rings is 2. The molecule has 0 heterocycles. The fourth-order valence-electron chi connectivity index (χ4n) is 2.67. The molecule has 0 aliphatic heterocycles. The van der Waals surface area contributed by atoms with Crippen molar-refractivity contribution in [1.29, 1.82) is 0 Å². The number of ether oxygens (including phenoxy) is 1. The Morgan fingerprint density at radius 3 is 2.40 bits per heavy atom. The molecule has 0 atom stereocenters. The second kappa shape index (κ2) is 10.3. The van der Waals surface area contributed by atoms with Gasteiger partial charge in [-0.15, -0.1) is 0 Å². The normalized spacial score (nSPS) is 11.4. The number of esters is 1. The van der Waals surface area contributed by atoms with Gasteiger partial charge in [-0.1, -0.05) is 49.2 Å². The number of nitrogens with zero attached hydrogens (tertiary/aromatic N) is 1. The number of sulfonamides is 1. The van der Waals surface area contributed by atoms with Crippen molar-refractivity contribution < 1.29 is 22.7 Å². The molecule has 0 unspecified atom stereocenters. The molecule has 0 saturated carbocycles. The van der Waals surface area contributed by atoms with Crippen molar-refractivity contribution in [3.8, 4) is 0 Å². The summed E-state index contributed by atoms with van der Waals surface area (Å²) in [4.78, 5) is 24.5. The quantitative estimate of drug-likeness (QED) is 0.582. The molecule has 0 radical (unpaired) electrons. The van der Waals surface area contributed by atoms with Crippen LogP contribution >= 0.6 is 23.2 Å². The maximum atomic E-state index is 12.7. The highest BCUT2D eigenvalue weighted by atomic mass is 35.5. The maximum Gasteiger partial charge on any atom is 0.340 e. The Morgan fingerprint density at radius 2 is 1.77 bits per heavy atom. The van der Waals surface area contributed by atoms with Crippen LogP contribution in [0.3, 0.4) is 0 Å². The van der Waals surface area contributed by atoms with Crippen LogP contribution in [0.25, 0.3) is 0 Å². The predicted molar refractivity (Wildman–Crippen MR) is 117 cm³/mol. The molecular weight excluding hydrogens is 451 g/mol. The molecule has 0 aliphatic carbocycles. The van der Waals surface area contributed by atoms with E-state index in [2.05, 4.69) is 5.32 Å². The second-order valence-electron chi connectivity index (χ2n) is 6.29. The van der Waals surface area contributed by atoms with Crippen LogP contribution < -0.4 is 5.32 Å². The van der Waals surface area contributed by atoms with E-state index >= 15 is 0 Å². The minimum Gasteiger partial charge on any atom is -0.452 e. The van der Waals surface area contributed by atoms with Gasteiger partial charge in [0.2, 0.25) is 10.0 Å². The highest BCUT2D eigenvalue weighted by molar-refractivity contribution is 7.89. The third-order valence-corrected chi connectivity index (χ3v) is 7.20. The van der Waals surface area contributed by atoms with Gasteiger partial charge in [0, 0.05) is 18.8 Å². The van der Waals surface area contributed by atoms with E-state index < -0.39 is 28.5 Å². The number of hydrogen-bond donors (Lipinski definition) is 1. The first-order valence-electron chi connectivity index (χ1n) is 9.13. The van der Waals surface area contributed by atoms with Crippen LogP contribution in [0.4, 0.5) is 5.69 Å². The molecule has 2 aromatic carbocycles. The highest BCUT2D eigenvalue weighted by Crippen LogP contribution is 2.26. The molecule has 162 valence electrons. The van der Waals surface area contributed by atoms with Gasteiger partial charge < -0.3 is 10.1 Å². The number of halogens is 2. The number of aryl methyl sites for hydroxylation is 1. The molecule has 7 nitrogen and oxygen atoms in total. The van der Waals surface area contributed by atoms with Crippen LogP contribution in [-0.2, 0) is 19.6 Å². The third kappa shape index (κ3) is 5.51. The lowest BCUT2D eigenvalue weighted by Crippen LogP contribution is -2.30. The molecule has 0 spiro atoms. The van der Waals surface area contributed by atoms with Gasteiger partial charge in [0.25, 0.3) is 5.91 Å². The van der Waals surface area contributed by atoms with Crippen molar-refractivity contribution in [3.05, 3.63) is 57.6 Å². The second-order valence-corrected chi connectivity index (χ2v) is 9.01. The fourth-order valence-corrected chi connectivity index (χ4v) is 4.53. The summed E-state index contributed by atoms with van der Waals surface area (Å²) in [6.45, 7) is 5.30. The highest BCUT2D eigenvalue weighted by Gasteiger charge is 2.23. The van der Waals surface area contributed by atoms with Gasteiger partial charge in [0.1, 0.15) is 0 Å². The molecule has 1 amide bonds. The Balaban J connectivity index is 2.12. The van der Waals surface area contributed by atoms with Gasteiger partial charge in [-0.05, 0) is 36.8 Å². The molecular formula is C20H22Cl2N2O5S. The minimum absolute atomic E-state index is 0.0368. The summed E-state index contributed by atoms with van der Waals surface area (Å²) in [5.74, 6) is -1.42. The maximum absolute atomic E-state index is 12.7. The van der Waals surface area contributed by atoms with Gasteiger partial charge >= 0.3 is 5.97 Å². The molecule has 0 aliphatic rings. The summed E-state index contributed by atoms with van der Waals surface area (Å²) in [5.41, 5.74) is 1.01. The van der Waals surface area contributed by atoms with E-state index in [1.165, 1.54) is 34.6 Å². The molecule has 0 aromatic heterocycles. The Kier molecular flexibility index (Phi) is 8.25. The number of rotatable bonds is 8. The Bertz CT molecular complexity index is 1050.